The summed E-state index contributed by atoms with van der Waals surface area (Å²) >= 11 is 0. The lowest BCUT2D eigenvalue weighted by atomic mass is 10.1. The Hall–Kier alpha value is -2.20. The van der Waals surface area contributed by atoms with Crippen LogP contribution >= 0.6 is 0 Å². The van der Waals surface area contributed by atoms with Gasteiger partial charge in [0.2, 0.25) is 10.0 Å². The first-order valence-corrected chi connectivity index (χ1v) is 10.8. The summed E-state index contributed by atoms with van der Waals surface area (Å²) in [4.78, 5) is 7.29. The lowest BCUT2D eigenvalue weighted by Gasteiger charge is -2.31. The van der Waals surface area contributed by atoms with Gasteiger partial charge in [-0.25, -0.2) is 13.4 Å². The van der Waals surface area contributed by atoms with Gasteiger partial charge in [0.1, 0.15) is 6.10 Å². The molecule has 1 aliphatic heterocycles. The van der Waals surface area contributed by atoms with E-state index in [0.29, 0.717) is 19.4 Å². The van der Waals surface area contributed by atoms with Crippen LogP contribution in [0.25, 0.3) is 0 Å². The van der Waals surface area contributed by atoms with Crippen LogP contribution in [0.2, 0.25) is 0 Å². The number of halogens is 3. The third-order valence-corrected chi connectivity index (χ3v) is 6.52. The summed E-state index contributed by atoms with van der Waals surface area (Å²) in [5.41, 5.74) is -0.0389. The SMILES string of the molecule is CCCc1ccc(S(=O)(=O)N2CCCC(Oc3nccc(C(F)(F)F)n3)C2)cc1. The molecule has 0 amide bonds. The maximum Gasteiger partial charge on any atom is 0.433 e. The Labute approximate surface area is 167 Å². The van der Waals surface area contributed by atoms with E-state index < -0.39 is 34.0 Å². The van der Waals surface area contributed by atoms with Gasteiger partial charge in [-0.15, -0.1) is 0 Å². The van der Waals surface area contributed by atoms with Crippen LogP contribution in [-0.4, -0.2) is 41.9 Å². The number of aromatic nitrogens is 2. The van der Waals surface area contributed by atoms with Crippen LogP contribution in [-0.2, 0) is 22.6 Å². The molecule has 3 rings (SSSR count). The van der Waals surface area contributed by atoms with Gasteiger partial charge in [-0.1, -0.05) is 25.5 Å². The lowest BCUT2D eigenvalue weighted by Crippen LogP contribution is -2.44. The summed E-state index contributed by atoms with van der Waals surface area (Å²) in [6.07, 6.45) is -1.39. The monoisotopic (exact) mass is 429 g/mol. The molecule has 1 aromatic carbocycles. The van der Waals surface area contributed by atoms with Crippen LogP contribution in [0.3, 0.4) is 0 Å². The molecule has 0 aliphatic carbocycles. The molecule has 0 saturated carbocycles. The van der Waals surface area contributed by atoms with Gasteiger partial charge in [0.15, 0.2) is 5.69 Å². The molecule has 158 valence electrons. The molecule has 1 atom stereocenters. The number of sulfonamides is 1. The van der Waals surface area contributed by atoms with Crippen molar-refractivity contribution in [1.29, 1.82) is 0 Å². The van der Waals surface area contributed by atoms with Gasteiger partial charge >= 0.3 is 12.2 Å². The number of rotatable bonds is 6. The van der Waals surface area contributed by atoms with E-state index in [1.54, 1.807) is 24.3 Å². The molecule has 10 heteroatoms. The van der Waals surface area contributed by atoms with E-state index in [2.05, 4.69) is 9.97 Å². The number of benzene rings is 1. The highest BCUT2D eigenvalue weighted by Gasteiger charge is 2.34. The van der Waals surface area contributed by atoms with Crippen molar-refractivity contribution in [3.63, 3.8) is 0 Å². The van der Waals surface area contributed by atoms with Crippen molar-refractivity contribution in [3.05, 3.63) is 47.8 Å². The first kappa shape index (κ1) is 21.5. The van der Waals surface area contributed by atoms with Crippen molar-refractivity contribution in [2.24, 2.45) is 0 Å². The molecule has 1 unspecified atom stereocenters. The number of ether oxygens (including phenoxy) is 1. The van der Waals surface area contributed by atoms with Crippen molar-refractivity contribution in [1.82, 2.24) is 14.3 Å². The zero-order valence-electron chi connectivity index (χ0n) is 15.9. The predicted molar refractivity (Wildman–Crippen MR) is 99.9 cm³/mol. The molecule has 0 radical (unpaired) electrons. The Kier molecular flexibility index (Phi) is 6.42. The van der Waals surface area contributed by atoms with E-state index >= 15 is 0 Å². The molecule has 0 bridgehead atoms. The minimum Gasteiger partial charge on any atom is -0.459 e. The highest BCUT2D eigenvalue weighted by molar-refractivity contribution is 7.89. The predicted octanol–water partition coefficient (Wildman–Crippen LogP) is 3.68. The number of alkyl halides is 3. The molecule has 6 nitrogen and oxygen atoms in total. The third kappa shape index (κ3) is 5.24. The molecule has 1 aliphatic rings. The number of hydrogen-bond acceptors (Lipinski definition) is 5. The van der Waals surface area contributed by atoms with Crippen molar-refractivity contribution >= 4 is 10.0 Å². The van der Waals surface area contributed by atoms with Gasteiger partial charge < -0.3 is 4.74 Å². The minimum absolute atomic E-state index is 0.0264. The molecule has 1 fully saturated rings. The summed E-state index contributed by atoms with van der Waals surface area (Å²) in [5, 5.41) is 0. The second-order valence-electron chi connectivity index (χ2n) is 6.86. The van der Waals surface area contributed by atoms with Gasteiger partial charge in [-0.05, 0) is 43.0 Å². The first-order valence-electron chi connectivity index (χ1n) is 9.36. The number of piperidine rings is 1. The molecule has 1 saturated heterocycles. The number of nitrogens with zero attached hydrogens (tertiary/aromatic N) is 3. The summed E-state index contributed by atoms with van der Waals surface area (Å²) in [5.74, 6) is 0. The molecular formula is C19H22F3N3O3S. The fourth-order valence-corrected chi connectivity index (χ4v) is 4.70. The van der Waals surface area contributed by atoms with Crippen LogP contribution < -0.4 is 4.74 Å². The Morgan fingerprint density at radius 2 is 1.93 bits per heavy atom. The Bertz CT molecular complexity index is 934. The zero-order valence-corrected chi connectivity index (χ0v) is 16.7. The summed E-state index contributed by atoms with van der Waals surface area (Å²) < 4.78 is 71.0. The molecule has 29 heavy (non-hydrogen) atoms. The highest BCUT2D eigenvalue weighted by atomic mass is 32.2. The fraction of sp³-hybridized carbons (Fsp3) is 0.474. The van der Waals surface area contributed by atoms with Crippen LogP contribution in [0.15, 0.2) is 41.4 Å². The van der Waals surface area contributed by atoms with E-state index in [9.17, 15) is 21.6 Å². The smallest absolute Gasteiger partial charge is 0.433 e. The minimum atomic E-state index is -4.60. The summed E-state index contributed by atoms with van der Waals surface area (Å²) in [7, 11) is -3.72. The number of aryl methyl sites for hydroxylation is 1. The highest BCUT2D eigenvalue weighted by Crippen LogP contribution is 2.29. The van der Waals surface area contributed by atoms with Gasteiger partial charge in [-0.2, -0.15) is 22.5 Å². The van der Waals surface area contributed by atoms with Gasteiger partial charge in [0.25, 0.3) is 0 Å². The fourth-order valence-electron chi connectivity index (χ4n) is 3.19. The first-order chi connectivity index (χ1) is 13.7. The zero-order chi connectivity index (χ0) is 21.1. The van der Waals surface area contributed by atoms with Crippen LogP contribution in [0.1, 0.15) is 37.4 Å². The molecule has 0 spiro atoms. The lowest BCUT2D eigenvalue weighted by molar-refractivity contribution is -0.141. The van der Waals surface area contributed by atoms with Crippen molar-refractivity contribution < 1.29 is 26.3 Å². The summed E-state index contributed by atoms with van der Waals surface area (Å²) in [6.45, 7) is 2.40. The van der Waals surface area contributed by atoms with E-state index in [1.165, 1.54) is 4.31 Å². The average molecular weight is 429 g/mol. The van der Waals surface area contributed by atoms with Crippen LogP contribution in [0.4, 0.5) is 13.2 Å². The Morgan fingerprint density at radius 3 is 2.59 bits per heavy atom. The standard InChI is InChI=1S/C19H22F3N3O3S/c1-2-4-14-6-8-16(9-7-14)29(26,27)25-12-3-5-15(13-25)28-18-23-11-10-17(24-18)19(20,21)22/h6-11,15H,2-5,12-13H2,1H3. The summed E-state index contributed by atoms with van der Waals surface area (Å²) in [6, 6.07) is 7.11. The second-order valence-corrected chi connectivity index (χ2v) is 8.80. The van der Waals surface area contributed by atoms with Crippen LogP contribution in [0.5, 0.6) is 6.01 Å². The maximum absolute atomic E-state index is 12.9. The van der Waals surface area contributed by atoms with E-state index in [4.69, 9.17) is 4.74 Å². The van der Waals surface area contributed by atoms with E-state index in [0.717, 1.165) is 30.7 Å². The normalized spacial score (nSPS) is 18.6. The molecule has 2 heterocycles. The molecule has 0 N–H and O–H groups in total. The van der Waals surface area contributed by atoms with E-state index in [1.807, 2.05) is 6.92 Å². The van der Waals surface area contributed by atoms with Crippen LogP contribution in [0, 0.1) is 0 Å². The molecular weight excluding hydrogens is 407 g/mol. The second kappa shape index (κ2) is 8.66. The van der Waals surface area contributed by atoms with E-state index in [-0.39, 0.29) is 11.4 Å². The maximum atomic E-state index is 12.9. The van der Waals surface area contributed by atoms with Crippen molar-refractivity contribution in [2.75, 3.05) is 13.1 Å². The van der Waals surface area contributed by atoms with Gasteiger partial charge in [0, 0.05) is 12.7 Å². The number of hydrogen-bond donors (Lipinski definition) is 0. The van der Waals surface area contributed by atoms with Crippen molar-refractivity contribution in [2.45, 2.75) is 49.8 Å². The Balaban J connectivity index is 1.71. The molecule has 2 aromatic rings. The quantitative estimate of drug-likeness (QED) is 0.701. The molecule has 1 aromatic heterocycles. The van der Waals surface area contributed by atoms with Crippen molar-refractivity contribution in [3.8, 4) is 6.01 Å². The van der Waals surface area contributed by atoms with Gasteiger partial charge in [-0.3, -0.25) is 0 Å². The van der Waals surface area contributed by atoms with Gasteiger partial charge in [0.05, 0.1) is 11.4 Å². The average Bonchev–Trinajstić information content (AvgIpc) is 2.68. The Morgan fingerprint density at radius 1 is 1.21 bits per heavy atom. The topological polar surface area (TPSA) is 72.4 Å². The largest absolute Gasteiger partial charge is 0.459 e. The third-order valence-electron chi connectivity index (χ3n) is 4.64.